The zero-order chi connectivity index (χ0) is 10.6. The van der Waals surface area contributed by atoms with Crippen molar-refractivity contribution < 1.29 is 17.7 Å². The van der Waals surface area contributed by atoms with E-state index in [1.54, 1.807) is 28.2 Å². The number of hydrogen-bond donors (Lipinski definition) is 0. The molecule has 5 heteroatoms. The van der Waals surface area contributed by atoms with Gasteiger partial charge in [0, 0.05) is 20.3 Å². The van der Waals surface area contributed by atoms with E-state index in [0.717, 1.165) is 12.4 Å². The molecule has 0 aliphatic carbocycles. The average molecular weight is 195 g/mol. The first-order valence-corrected chi connectivity index (χ1v) is 3.70. The second kappa shape index (κ2) is 4.30. The Balaban J connectivity index is 4.89. The number of halogens is 3. The van der Waals surface area contributed by atoms with Crippen LogP contribution >= 0.6 is 0 Å². The van der Waals surface area contributed by atoms with E-state index in [1.807, 2.05) is 0 Å². The molecule has 0 radical (unpaired) electrons. The molecule has 0 aliphatic heterocycles. The van der Waals surface area contributed by atoms with Gasteiger partial charge in [0.1, 0.15) is 19.7 Å². The zero-order valence-electron chi connectivity index (χ0n) is 8.18. The molecule has 0 aromatic rings. The molecule has 0 amide bonds. The van der Waals surface area contributed by atoms with E-state index in [2.05, 4.69) is 0 Å². The lowest BCUT2D eigenvalue weighted by Gasteiger charge is -2.10. The Bertz CT molecular complexity index is 222. The predicted molar refractivity (Wildman–Crippen MR) is 46.0 cm³/mol. The first kappa shape index (κ1) is 12.0. The minimum absolute atomic E-state index is 0.664. The zero-order valence-corrected chi connectivity index (χ0v) is 8.18. The van der Waals surface area contributed by atoms with E-state index < -0.39 is 11.7 Å². The van der Waals surface area contributed by atoms with Gasteiger partial charge in [0.05, 0.1) is 0 Å². The fourth-order valence-corrected chi connectivity index (χ4v) is 0.736. The topological polar surface area (TPSA) is 6.25 Å². The van der Waals surface area contributed by atoms with E-state index in [4.69, 9.17) is 0 Å². The molecule has 0 aromatic carbocycles. The fraction of sp³-hybridized carbons (Fsp3) is 0.625. The molecule has 0 spiro atoms. The van der Waals surface area contributed by atoms with Crippen molar-refractivity contribution >= 4 is 6.21 Å². The fourth-order valence-electron chi connectivity index (χ4n) is 0.736. The van der Waals surface area contributed by atoms with Crippen molar-refractivity contribution in [2.45, 2.75) is 6.18 Å². The van der Waals surface area contributed by atoms with Gasteiger partial charge < -0.3 is 4.90 Å². The molecule has 0 N–H and O–H groups in total. The van der Waals surface area contributed by atoms with Crippen molar-refractivity contribution in [2.75, 3.05) is 28.2 Å². The molecule has 0 saturated carbocycles. The maximum Gasteiger partial charge on any atom is 0.423 e. The first-order valence-electron chi connectivity index (χ1n) is 3.70. The summed E-state index contributed by atoms with van der Waals surface area (Å²) in [4.78, 5) is 1.36. The highest BCUT2D eigenvalue weighted by molar-refractivity contribution is 5.75. The molecule has 0 heterocycles. The van der Waals surface area contributed by atoms with Crippen LogP contribution in [0.2, 0.25) is 0 Å². The van der Waals surface area contributed by atoms with Crippen LogP contribution in [0.15, 0.2) is 11.8 Å². The summed E-state index contributed by atoms with van der Waals surface area (Å²) >= 11 is 0. The largest absolute Gasteiger partial charge is 0.423 e. The Hall–Kier alpha value is -1.00. The van der Waals surface area contributed by atoms with E-state index >= 15 is 0 Å². The Kier molecular flexibility index (Phi) is 3.97. The lowest BCUT2D eigenvalue weighted by atomic mass is 10.3. The van der Waals surface area contributed by atoms with Crippen LogP contribution in [0.25, 0.3) is 0 Å². The Morgan fingerprint density at radius 2 is 1.69 bits per heavy atom. The molecule has 0 fully saturated rings. The monoisotopic (exact) mass is 195 g/mol. The minimum Gasteiger partial charge on any atom is -0.383 e. The number of rotatable bonds is 2. The lowest BCUT2D eigenvalue weighted by Crippen LogP contribution is -2.19. The van der Waals surface area contributed by atoms with Gasteiger partial charge in [-0.3, -0.25) is 0 Å². The Morgan fingerprint density at radius 3 is 1.92 bits per heavy atom. The van der Waals surface area contributed by atoms with Crippen LogP contribution < -0.4 is 0 Å². The van der Waals surface area contributed by atoms with Crippen molar-refractivity contribution in [3.8, 4) is 0 Å². The van der Waals surface area contributed by atoms with Gasteiger partial charge in [-0.1, -0.05) is 0 Å². The number of alkyl halides is 3. The molecular weight excluding hydrogens is 181 g/mol. The normalized spacial score (nSPS) is 12.7. The highest BCUT2D eigenvalue weighted by atomic mass is 19.4. The van der Waals surface area contributed by atoms with E-state index in [0.29, 0.717) is 0 Å². The van der Waals surface area contributed by atoms with Gasteiger partial charge in [0.25, 0.3) is 0 Å². The summed E-state index contributed by atoms with van der Waals surface area (Å²) in [7, 11) is 6.20. The molecule has 0 bridgehead atoms. The van der Waals surface area contributed by atoms with Crippen LogP contribution in [0.4, 0.5) is 13.2 Å². The molecule has 0 saturated heterocycles. The summed E-state index contributed by atoms with van der Waals surface area (Å²) in [6, 6.07) is 0. The van der Waals surface area contributed by atoms with E-state index in [9.17, 15) is 13.2 Å². The highest BCUT2D eigenvalue weighted by Crippen LogP contribution is 2.23. The van der Waals surface area contributed by atoms with Gasteiger partial charge in [-0.2, -0.15) is 13.2 Å². The smallest absolute Gasteiger partial charge is 0.383 e. The molecule has 0 unspecified atom stereocenters. The quantitative estimate of drug-likeness (QED) is 0.476. The molecular formula is C8H14F3N2+. The predicted octanol–water partition coefficient (Wildman–Crippen LogP) is 1.34. The summed E-state index contributed by atoms with van der Waals surface area (Å²) in [6.45, 7) is 0. The van der Waals surface area contributed by atoms with Crippen molar-refractivity contribution in [1.29, 1.82) is 0 Å². The molecule has 0 aliphatic rings. The SMILES string of the molecule is CN(C)/C=C(/C=[N+](C)C)C(F)(F)F. The second-order valence-corrected chi connectivity index (χ2v) is 3.14. The lowest BCUT2D eigenvalue weighted by molar-refractivity contribution is -0.459. The first-order chi connectivity index (χ1) is 5.73. The number of nitrogens with zero attached hydrogens (tertiary/aromatic N) is 2. The maximum absolute atomic E-state index is 12.3. The molecule has 0 rings (SSSR count). The van der Waals surface area contributed by atoms with Crippen molar-refractivity contribution in [1.82, 2.24) is 4.90 Å². The van der Waals surface area contributed by atoms with Gasteiger partial charge in [-0.05, 0) is 0 Å². The van der Waals surface area contributed by atoms with Crippen molar-refractivity contribution in [3.05, 3.63) is 11.8 Å². The third kappa shape index (κ3) is 5.27. The molecule has 13 heavy (non-hydrogen) atoms. The van der Waals surface area contributed by atoms with Crippen LogP contribution in [-0.2, 0) is 0 Å². The van der Waals surface area contributed by atoms with Gasteiger partial charge in [0.15, 0.2) is 6.21 Å². The molecule has 76 valence electrons. The van der Waals surface area contributed by atoms with Crippen molar-refractivity contribution in [2.24, 2.45) is 0 Å². The minimum atomic E-state index is -4.30. The van der Waals surface area contributed by atoms with Gasteiger partial charge in [-0.25, -0.2) is 4.58 Å². The Labute approximate surface area is 76.0 Å². The summed E-state index contributed by atoms with van der Waals surface area (Å²) in [6.07, 6.45) is -2.21. The summed E-state index contributed by atoms with van der Waals surface area (Å²) in [5.74, 6) is 0. The van der Waals surface area contributed by atoms with Crippen LogP contribution in [0.5, 0.6) is 0 Å². The van der Waals surface area contributed by atoms with Crippen molar-refractivity contribution in [3.63, 3.8) is 0 Å². The third-order valence-corrected chi connectivity index (χ3v) is 1.12. The number of hydrogen-bond acceptors (Lipinski definition) is 1. The third-order valence-electron chi connectivity index (χ3n) is 1.12. The molecule has 0 aromatic heterocycles. The van der Waals surface area contributed by atoms with Crippen LogP contribution in [0, 0.1) is 0 Å². The Morgan fingerprint density at radius 1 is 1.23 bits per heavy atom. The summed E-state index contributed by atoms with van der Waals surface area (Å²) < 4.78 is 38.2. The number of allylic oxidation sites excluding steroid dienone is 1. The van der Waals surface area contributed by atoms with Gasteiger partial charge >= 0.3 is 6.18 Å². The average Bonchev–Trinajstić information content (AvgIpc) is 1.81. The van der Waals surface area contributed by atoms with Crippen LogP contribution in [0.1, 0.15) is 0 Å². The summed E-state index contributed by atoms with van der Waals surface area (Å²) in [5, 5.41) is 0. The van der Waals surface area contributed by atoms with Gasteiger partial charge in [0.2, 0.25) is 0 Å². The molecule has 2 nitrogen and oxygen atoms in total. The van der Waals surface area contributed by atoms with Gasteiger partial charge in [-0.15, -0.1) is 0 Å². The van der Waals surface area contributed by atoms with E-state index in [-0.39, 0.29) is 0 Å². The highest BCUT2D eigenvalue weighted by Gasteiger charge is 2.34. The maximum atomic E-state index is 12.3. The van der Waals surface area contributed by atoms with Crippen LogP contribution in [0.3, 0.4) is 0 Å². The van der Waals surface area contributed by atoms with E-state index in [1.165, 1.54) is 9.48 Å². The van der Waals surface area contributed by atoms with Crippen LogP contribution in [-0.4, -0.2) is 50.1 Å². The standard InChI is InChI=1S/C8H14F3N2/c1-12(2)5-7(6-13(3)4)8(9,10)11/h5-6H,1-4H3/q+1. The molecule has 0 atom stereocenters. The summed E-state index contributed by atoms with van der Waals surface area (Å²) in [5.41, 5.74) is -0.664. The second-order valence-electron chi connectivity index (χ2n) is 3.14.